The number of halogens is 2. The number of hydrogen-bond donors (Lipinski definition) is 2. The minimum absolute atomic E-state index is 0.119. The van der Waals surface area contributed by atoms with Crippen molar-refractivity contribution >= 4 is 34.1 Å². The first-order chi connectivity index (χ1) is 14.6. The van der Waals surface area contributed by atoms with Crippen LogP contribution in [0.3, 0.4) is 0 Å². The van der Waals surface area contributed by atoms with E-state index < -0.39 is 5.82 Å². The van der Waals surface area contributed by atoms with E-state index in [1.54, 1.807) is 24.4 Å². The van der Waals surface area contributed by atoms with E-state index in [2.05, 4.69) is 31.8 Å². The molecule has 0 unspecified atom stereocenters. The molecule has 1 fully saturated rings. The van der Waals surface area contributed by atoms with Crippen molar-refractivity contribution in [3.8, 4) is 11.8 Å². The normalized spacial score (nSPS) is 13.8. The van der Waals surface area contributed by atoms with Crippen molar-refractivity contribution in [3.63, 3.8) is 0 Å². The summed E-state index contributed by atoms with van der Waals surface area (Å²) < 4.78 is 15.8. The SMILES string of the molecule is N#Cc1cccc(Cl)c1-n1cc2c(Nc3ccc(C4CNC4)cn3)ncc(F)c2n1. The summed E-state index contributed by atoms with van der Waals surface area (Å²) in [4.78, 5) is 8.62. The van der Waals surface area contributed by atoms with Crippen molar-refractivity contribution in [2.45, 2.75) is 5.92 Å². The molecule has 1 saturated heterocycles. The Balaban J connectivity index is 1.54. The fourth-order valence-corrected chi connectivity index (χ4v) is 3.66. The van der Waals surface area contributed by atoms with Crippen LogP contribution in [0.1, 0.15) is 17.0 Å². The summed E-state index contributed by atoms with van der Waals surface area (Å²) in [5.41, 5.74) is 2.02. The van der Waals surface area contributed by atoms with Gasteiger partial charge in [0.05, 0.1) is 22.2 Å². The van der Waals surface area contributed by atoms with Crippen LogP contribution in [0.15, 0.2) is 48.9 Å². The molecule has 0 atom stereocenters. The Hall–Kier alpha value is -3.54. The lowest BCUT2D eigenvalue weighted by molar-refractivity contribution is 0.447. The largest absolute Gasteiger partial charge is 0.324 e. The molecule has 0 amide bonds. The number of pyridine rings is 2. The predicted octanol–water partition coefficient (Wildman–Crippen LogP) is 3.91. The lowest BCUT2D eigenvalue weighted by Crippen LogP contribution is -2.39. The monoisotopic (exact) mass is 419 g/mol. The number of nitriles is 1. The van der Waals surface area contributed by atoms with Crippen LogP contribution in [0.25, 0.3) is 16.6 Å². The topological polar surface area (TPSA) is 91.5 Å². The zero-order valence-corrected chi connectivity index (χ0v) is 16.4. The van der Waals surface area contributed by atoms with Crippen LogP contribution in [0.2, 0.25) is 5.02 Å². The highest BCUT2D eigenvalue weighted by Gasteiger charge is 2.20. The highest BCUT2D eigenvalue weighted by atomic mass is 35.5. The molecule has 3 aromatic heterocycles. The number of anilines is 2. The maximum atomic E-state index is 14.4. The Morgan fingerprint density at radius 2 is 2.07 bits per heavy atom. The third-order valence-corrected chi connectivity index (χ3v) is 5.43. The fourth-order valence-electron chi connectivity index (χ4n) is 3.39. The summed E-state index contributed by atoms with van der Waals surface area (Å²) in [6.07, 6.45) is 4.54. The smallest absolute Gasteiger partial charge is 0.169 e. The molecule has 5 rings (SSSR count). The molecule has 0 spiro atoms. The minimum Gasteiger partial charge on any atom is -0.324 e. The van der Waals surface area contributed by atoms with Crippen molar-refractivity contribution in [1.82, 2.24) is 25.1 Å². The van der Waals surface area contributed by atoms with Gasteiger partial charge in [0.1, 0.15) is 28.9 Å². The molecule has 0 aliphatic carbocycles. The van der Waals surface area contributed by atoms with Crippen molar-refractivity contribution < 1.29 is 4.39 Å². The molecule has 30 heavy (non-hydrogen) atoms. The van der Waals surface area contributed by atoms with Gasteiger partial charge in [-0.1, -0.05) is 23.7 Å². The maximum Gasteiger partial charge on any atom is 0.169 e. The molecule has 4 heterocycles. The zero-order valence-electron chi connectivity index (χ0n) is 15.6. The summed E-state index contributed by atoms with van der Waals surface area (Å²) in [5, 5.41) is 20.9. The second-order valence-electron chi connectivity index (χ2n) is 7.00. The third kappa shape index (κ3) is 3.14. The molecule has 0 saturated carbocycles. The highest BCUT2D eigenvalue weighted by Crippen LogP contribution is 2.30. The number of benzene rings is 1. The number of rotatable bonds is 4. The van der Waals surface area contributed by atoms with Crippen molar-refractivity contribution in [1.29, 1.82) is 5.26 Å². The van der Waals surface area contributed by atoms with E-state index in [-0.39, 0.29) is 5.52 Å². The quantitative estimate of drug-likeness (QED) is 0.521. The van der Waals surface area contributed by atoms with Gasteiger partial charge in [0, 0.05) is 31.4 Å². The average molecular weight is 420 g/mol. The summed E-state index contributed by atoms with van der Waals surface area (Å²) in [6, 6.07) is 10.9. The third-order valence-electron chi connectivity index (χ3n) is 5.12. The molecule has 7 nitrogen and oxygen atoms in total. The van der Waals surface area contributed by atoms with Gasteiger partial charge in [-0.3, -0.25) is 0 Å². The maximum absolute atomic E-state index is 14.4. The Morgan fingerprint density at radius 3 is 2.77 bits per heavy atom. The molecule has 1 aliphatic heterocycles. The van der Waals surface area contributed by atoms with Gasteiger partial charge in [-0.15, -0.1) is 0 Å². The predicted molar refractivity (Wildman–Crippen MR) is 112 cm³/mol. The second-order valence-corrected chi connectivity index (χ2v) is 7.40. The van der Waals surface area contributed by atoms with Crippen LogP contribution in [0, 0.1) is 17.1 Å². The van der Waals surface area contributed by atoms with E-state index in [1.807, 2.05) is 18.3 Å². The van der Waals surface area contributed by atoms with E-state index in [4.69, 9.17) is 11.6 Å². The fraction of sp³-hybridized carbons (Fsp3) is 0.143. The molecule has 0 bridgehead atoms. The van der Waals surface area contributed by atoms with Crippen molar-refractivity contribution in [2.24, 2.45) is 0 Å². The number of aromatic nitrogens is 4. The van der Waals surface area contributed by atoms with Gasteiger partial charge in [-0.2, -0.15) is 10.4 Å². The number of hydrogen-bond acceptors (Lipinski definition) is 6. The van der Waals surface area contributed by atoms with E-state index in [9.17, 15) is 9.65 Å². The van der Waals surface area contributed by atoms with E-state index >= 15 is 0 Å². The molecule has 1 aromatic carbocycles. The molecule has 148 valence electrons. The van der Waals surface area contributed by atoms with Gasteiger partial charge in [0.25, 0.3) is 0 Å². The molecular formula is C21H15ClFN7. The molecule has 4 aromatic rings. The number of fused-ring (bicyclic) bond motifs is 1. The molecular weight excluding hydrogens is 405 g/mol. The Labute approximate surface area is 176 Å². The second kappa shape index (κ2) is 7.37. The number of nitrogens with zero attached hydrogens (tertiary/aromatic N) is 5. The lowest BCUT2D eigenvalue weighted by atomic mass is 9.95. The first kappa shape index (κ1) is 18.5. The Bertz CT molecular complexity index is 1290. The van der Waals surface area contributed by atoms with Gasteiger partial charge in [-0.25, -0.2) is 19.0 Å². The van der Waals surface area contributed by atoms with Crippen molar-refractivity contribution in [2.75, 3.05) is 18.4 Å². The van der Waals surface area contributed by atoms with Gasteiger partial charge < -0.3 is 10.6 Å². The van der Waals surface area contributed by atoms with Crippen LogP contribution >= 0.6 is 11.6 Å². The zero-order chi connectivity index (χ0) is 20.7. The average Bonchev–Trinajstić information content (AvgIpc) is 3.16. The van der Waals surface area contributed by atoms with Crippen LogP contribution in [0.4, 0.5) is 16.0 Å². The van der Waals surface area contributed by atoms with Gasteiger partial charge >= 0.3 is 0 Å². The van der Waals surface area contributed by atoms with Gasteiger partial charge in [0.15, 0.2) is 5.82 Å². The molecule has 0 radical (unpaired) electrons. The van der Waals surface area contributed by atoms with Crippen LogP contribution in [-0.4, -0.2) is 32.8 Å². The van der Waals surface area contributed by atoms with E-state index in [1.165, 1.54) is 10.2 Å². The van der Waals surface area contributed by atoms with Crippen molar-refractivity contribution in [3.05, 3.63) is 70.9 Å². The van der Waals surface area contributed by atoms with Crippen LogP contribution in [-0.2, 0) is 0 Å². The number of para-hydroxylation sites is 1. The van der Waals surface area contributed by atoms with Crippen LogP contribution in [0.5, 0.6) is 0 Å². The number of nitrogens with one attached hydrogen (secondary N) is 2. The lowest BCUT2D eigenvalue weighted by Gasteiger charge is -2.27. The molecule has 9 heteroatoms. The Morgan fingerprint density at radius 1 is 1.20 bits per heavy atom. The van der Waals surface area contributed by atoms with Crippen LogP contribution < -0.4 is 10.6 Å². The summed E-state index contributed by atoms with van der Waals surface area (Å²) >= 11 is 6.29. The first-order valence-electron chi connectivity index (χ1n) is 9.30. The first-order valence-corrected chi connectivity index (χ1v) is 9.68. The summed E-state index contributed by atoms with van der Waals surface area (Å²) in [7, 11) is 0. The molecule has 1 aliphatic rings. The Kier molecular flexibility index (Phi) is 4.54. The van der Waals surface area contributed by atoms with Gasteiger partial charge in [0.2, 0.25) is 0 Å². The summed E-state index contributed by atoms with van der Waals surface area (Å²) in [5.74, 6) is 0.925. The standard InChI is InChI=1S/C21H15ClFN7/c22-16-3-1-2-12(6-24)20(16)30-11-15-19(29-30)17(23)10-27-21(15)28-18-5-4-13(9-26-18)14-7-25-8-14/h1-5,9-11,14,25H,7-8H2,(H,26,27,28). The van der Waals surface area contributed by atoms with E-state index in [0.717, 1.165) is 19.3 Å². The highest BCUT2D eigenvalue weighted by molar-refractivity contribution is 6.32. The van der Waals surface area contributed by atoms with E-state index in [0.29, 0.717) is 39.2 Å². The minimum atomic E-state index is -0.569. The molecule has 2 N–H and O–H groups in total. The summed E-state index contributed by atoms with van der Waals surface area (Å²) in [6.45, 7) is 1.92. The van der Waals surface area contributed by atoms with Gasteiger partial charge in [-0.05, 0) is 23.8 Å².